The van der Waals surface area contributed by atoms with Gasteiger partial charge in [0.25, 0.3) is 0 Å². The van der Waals surface area contributed by atoms with Crippen LogP contribution < -0.4 is 5.73 Å². The summed E-state index contributed by atoms with van der Waals surface area (Å²) in [5.74, 6) is 1.73. The van der Waals surface area contributed by atoms with Gasteiger partial charge in [-0.1, -0.05) is 0 Å². The zero-order valence-corrected chi connectivity index (χ0v) is 9.26. The third-order valence-corrected chi connectivity index (χ3v) is 3.06. The topological polar surface area (TPSA) is 60.0 Å². The van der Waals surface area contributed by atoms with E-state index >= 15 is 0 Å². The molecule has 2 rings (SSSR count). The smallest absolute Gasteiger partial charge is 0.140 e. The lowest BCUT2D eigenvalue weighted by molar-refractivity contribution is 0.302. The molecule has 0 amide bonds. The highest BCUT2D eigenvalue weighted by Crippen LogP contribution is 2.16. The van der Waals surface area contributed by atoms with Gasteiger partial charge in [-0.2, -0.15) is 5.10 Å². The standard InChI is InChI=1S/C10H19N5/c1-2-15-10(12-8-13-15)7-14-4-3-9(5-11)6-14/h8-9H,2-7,11H2,1H3. The molecule has 1 aliphatic heterocycles. The van der Waals surface area contributed by atoms with E-state index < -0.39 is 0 Å². The average Bonchev–Trinajstić information content (AvgIpc) is 2.87. The predicted octanol–water partition coefficient (Wildman–Crippen LogP) is 0.0786. The van der Waals surface area contributed by atoms with Gasteiger partial charge in [-0.25, -0.2) is 9.67 Å². The maximum atomic E-state index is 5.67. The molecule has 2 N–H and O–H groups in total. The molecule has 1 unspecified atom stereocenters. The van der Waals surface area contributed by atoms with Crippen molar-refractivity contribution in [1.82, 2.24) is 19.7 Å². The molecule has 0 aromatic carbocycles. The Morgan fingerprint density at radius 3 is 3.13 bits per heavy atom. The number of hydrogen-bond donors (Lipinski definition) is 1. The Kier molecular flexibility index (Phi) is 3.33. The number of aryl methyl sites for hydroxylation is 1. The molecular formula is C10H19N5. The lowest BCUT2D eigenvalue weighted by Crippen LogP contribution is -2.24. The summed E-state index contributed by atoms with van der Waals surface area (Å²) in [7, 11) is 0. The first-order valence-electron chi connectivity index (χ1n) is 5.62. The quantitative estimate of drug-likeness (QED) is 0.763. The van der Waals surface area contributed by atoms with Gasteiger partial charge >= 0.3 is 0 Å². The molecule has 0 bridgehead atoms. The van der Waals surface area contributed by atoms with Gasteiger partial charge in [0.1, 0.15) is 12.2 Å². The molecule has 1 fully saturated rings. The van der Waals surface area contributed by atoms with Gasteiger partial charge < -0.3 is 5.73 Å². The van der Waals surface area contributed by atoms with Crippen LogP contribution in [-0.4, -0.2) is 39.3 Å². The minimum atomic E-state index is 0.669. The summed E-state index contributed by atoms with van der Waals surface area (Å²) in [5.41, 5.74) is 5.67. The Balaban J connectivity index is 1.92. The molecule has 1 atom stereocenters. The summed E-state index contributed by atoms with van der Waals surface area (Å²) in [4.78, 5) is 6.69. The molecule has 84 valence electrons. The average molecular weight is 209 g/mol. The molecule has 1 aliphatic rings. The lowest BCUT2D eigenvalue weighted by atomic mass is 10.1. The fraction of sp³-hybridized carbons (Fsp3) is 0.800. The van der Waals surface area contributed by atoms with Crippen molar-refractivity contribution in [2.24, 2.45) is 11.7 Å². The number of nitrogens with zero attached hydrogens (tertiary/aromatic N) is 4. The van der Waals surface area contributed by atoms with Gasteiger partial charge in [0.2, 0.25) is 0 Å². The van der Waals surface area contributed by atoms with Crippen LogP contribution in [0.4, 0.5) is 0 Å². The van der Waals surface area contributed by atoms with E-state index in [9.17, 15) is 0 Å². The van der Waals surface area contributed by atoms with Crippen LogP contribution in [0.5, 0.6) is 0 Å². The van der Waals surface area contributed by atoms with Crippen LogP contribution in [0.25, 0.3) is 0 Å². The summed E-state index contributed by atoms with van der Waals surface area (Å²) < 4.78 is 1.95. The molecule has 0 spiro atoms. The molecule has 1 aromatic heterocycles. The molecule has 1 aromatic rings. The van der Waals surface area contributed by atoms with Gasteiger partial charge in [0.15, 0.2) is 0 Å². The van der Waals surface area contributed by atoms with Crippen molar-refractivity contribution >= 4 is 0 Å². The predicted molar refractivity (Wildman–Crippen MR) is 58.1 cm³/mol. The van der Waals surface area contributed by atoms with Crippen LogP contribution in [0.3, 0.4) is 0 Å². The van der Waals surface area contributed by atoms with Crippen LogP contribution in [-0.2, 0) is 13.1 Å². The third kappa shape index (κ3) is 2.35. The summed E-state index contributed by atoms with van der Waals surface area (Å²) in [5, 5.41) is 4.17. The third-order valence-electron chi connectivity index (χ3n) is 3.06. The molecule has 0 aliphatic carbocycles. The van der Waals surface area contributed by atoms with Crippen LogP contribution in [0, 0.1) is 5.92 Å². The van der Waals surface area contributed by atoms with Crippen LogP contribution in [0.1, 0.15) is 19.2 Å². The highest BCUT2D eigenvalue weighted by atomic mass is 15.3. The largest absolute Gasteiger partial charge is 0.330 e. The Labute approximate surface area is 90.3 Å². The van der Waals surface area contributed by atoms with Crippen molar-refractivity contribution in [3.8, 4) is 0 Å². The van der Waals surface area contributed by atoms with E-state index in [0.29, 0.717) is 5.92 Å². The van der Waals surface area contributed by atoms with Crippen molar-refractivity contribution in [2.75, 3.05) is 19.6 Å². The molecule has 0 saturated carbocycles. The van der Waals surface area contributed by atoms with Gasteiger partial charge in [-0.3, -0.25) is 4.90 Å². The van der Waals surface area contributed by atoms with Gasteiger partial charge in [0.05, 0.1) is 6.54 Å². The summed E-state index contributed by atoms with van der Waals surface area (Å²) in [6, 6.07) is 0. The summed E-state index contributed by atoms with van der Waals surface area (Å²) in [6.45, 7) is 6.93. The number of nitrogens with two attached hydrogens (primary N) is 1. The number of likely N-dealkylation sites (tertiary alicyclic amines) is 1. The van der Waals surface area contributed by atoms with E-state index in [1.807, 2.05) is 4.68 Å². The number of hydrogen-bond acceptors (Lipinski definition) is 4. The Morgan fingerprint density at radius 1 is 1.60 bits per heavy atom. The molecule has 2 heterocycles. The van der Waals surface area contributed by atoms with Crippen LogP contribution >= 0.6 is 0 Å². The van der Waals surface area contributed by atoms with E-state index in [1.165, 1.54) is 6.42 Å². The van der Waals surface area contributed by atoms with Gasteiger partial charge in [-0.05, 0) is 32.4 Å². The van der Waals surface area contributed by atoms with E-state index in [1.54, 1.807) is 6.33 Å². The zero-order chi connectivity index (χ0) is 10.7. The van der Waals surface area contributed by atoms with E-state index in [0.717, 1.165) is 38.5 Å². The number of rotatable bonds is 4. The lowest BCUT2D eigenvalue weighted by Gasteiger charge is -2.15. The zero-order valence-electron chi connectivity index (χ0n) is 9.26. The summed E-state index contributed by atoms with van der Waals surface area (Å²) in [6.07, 6.45) is 2.85. The highest BCUT2D eigenvalue weighted by molar-refractivity contribution is 4.87. The normalized spacial score (nSPS) is 22.4. The van der Waals surface area contributed by atoms with Crippen LogP contribution in [0.15, 0.2) is 6.33 Å². The first kappa shape index (κ1) is 10.6. The molecule has 5 heteroatoms. The van der Waals surface area contributed by atoms with Crippen molar-refractivity contribution < 1.29 is 0 Å². The summed E-state index contributed by atoms with van der Waals surface area (Å²) >= 11 is 0. The molecule has 15 heavy (non-hydrogen) atoms. The maximum Gasteiger partial charge on any atom is 0.140 e. The fourth-order valence-electron chi connectivity index (χ4n) is 2.12. The van der Waals surface area contributed by atoms with Gasteiger partial charge in [-0.15, -0.1) is 0 Å². The molecule has 5 nitrogen and oxygen atoms in total. The minimum absolute atomic E-state index is 0.669. The number of aromatic nitrogens is 3. The monoisotopic (exact) mass is 209 g/mol. The Hall–Kier alpha value is -0.940. The van der Waals surface area contributed by atoms with E-state index in [-0.39, 0.29) is 0 Å². The second kappa shape index (κ2) is 4.72. The van der Waals surface area contributed by atoms with Crippen molar-refractivity contribution in [3.63, 3.8) is 0 Å². The van der Waals surface area contributed by atoms with Crippen molar-refractivity contribution in [2.45, 2.75) is 26.4 Å². The van der Waals surface area contributed by atoms with Crippen molar-refractivity contribution in [3.05, 3.63) is 12.2 Å². The second-order valence-electron chi connectivity index (χ2n) is 4.12. The Bertz CT molecular complexity index is 309. The Morgan fingerprint density at radius 2 is 2.47 bits per heavy atom. The van der Waals surface area contributed by atoms with Crippen molar-refractivity contribution in [1.29, 1.82) is 0 Å². The SMILES string of the molecule is CCn1ncnc1CN1CCC(CN)C1. The highest BCUT2D eigenvalue weighted by Gasteiger charge is 2.22. The van der Waals surface area contributed by atoms with Crippen LogP contribution in [0.2, 0.25) is 0 Å². The fourth-order valence-corrected chi connectivity index (χ4v) is 2.12. The second-order valence-corrected chi connectivity index (χ2v) is 4.12. The van der Waals surface area contributed by atoms with E-state index in [2.05, 4.69) is 21.9 Å². The molecule has 0 radical (unpaired) electrons. The van der Waals surface area contributed by atoms with E-state index in [4.69, 9.17) is 5.73 Å². The minimum Gasteiger partial charge on any atom is -0.330 e. The molecular weight excluding hydrogens is 190 g/mol. The van der Waals surface area contributed by atoms with Gasteiger partial charge in [0, 0.05) is 13.1 Å². The maximum absolute atomic E-state index is 5.67. The molecule has 1 saturated heterocycles. The first-order valence-corrected chi connectivity index (χ1v) is 5.62. The first-order chi connectivity index (χ1) is 7.33.